The van der Waals surface area contributed by atoms with Gasteiger partial charge in [0.1, 0.15) is 17.6 Å². The molecule has 0 saturated heterocycles. The zero-order chi connectivity index (χ0) is 23.5. The zero-order valence-corrected chi connectivity index (χ0v) is 19.5. The van der Waals surface area contributed by atoms with Crippen LogP contribution < -0.4 is 5.73 Å². The van der Waals surface area contributed by atoms with Crippen molar-refractivity contribution < 1.29 is 9.18 Å². The van der Waals surface area contributed by atoms with Crippen molar-refractivity contribution in [2.75, 3.05) is 20.6 Å². The molecule has 1 aromatic heterocycles. The summed E-state index contributed by atoms with van der Waals surface area (Å²) in [5.41, 5.74) is 8.17. The summed E-state index contributed by atoms with van der Waals surface area (Å²) in [5.74, 6) is -0.588. The van der Waals surface area contributed by atoms with Gasteiger partial charge in [0.05, 0.1) is 11.1 Å². The number of Topliss-reactive ketones (excluding diaryl/α,β-unsaturated/α-hetero) is 1. The van der Waals surface area contributed by atoms with Gasteiger partial charge in [-0.2, -0.15) is 5.26 Å². The Hall–Kier alpha value is -3.02. The van der Waals surface area contributed by atoms with Gasteiger partial charge in [0.25, 0.3) is 0 Å². The molecule has 8 heteroatoms. The van der Waals surface area contributed by atoms with Gasteiger partial charge in [-0.25, -0.2) is 4.39 Å². The molecule has 0 spiro atoms. The molecule has 3 rings (SSSR count). The number of carbonyl (C=O) groups excluding carboxylic acids is 1. The lowest BCUT2D eigenvalue weighted by molar-refractivity contribution is 0.0988. The van der Waals surface area contributed by atoms with Gasteiger partial charge in [-0.05, 0) is 68.2 Å². The number of hydrogen-bond donors (Lipinski definition) is 1. The quantitative estimate of drug-likeness (QED) is 0.667. The predicted molar refractivity (Wildman–Crippen MR) is 126 cm³/mol. The van der Waals surface area contributed by atoms with E-state index in [2.05, 4.69) is 21.8 Å². The molecule has 1 aromatic carbocycles. The van der Waals surface area contributed by atoms with E-state index in [0.717, 1.165) is 11.4 Å². The van der Waals surface area contributed by atoms with E-state index in [1.807, 2.05) is 27.1 Å². The lowest BCUT2D eigenvalue weighted by atomic mass is 9.86. The predicted octanol–water partition coefficient (Wildman–Crippen LogP) is 4.02. The van der Waals surface area contributed by atoms with Crippen LogP contribution in [0.4, 0.5) is 4.39 Å². The first-order valence-corrected chi connectivity index (χ1v) is 11.0. The van der Waals surface area contributed by atoms with Gasteiger partial charge in [-0.3, -0.25) is 14.8 Å². The third-order valence-electron chi connectivity index (χ3n) is 5.27. The number of pyridine rings is 1. The van der Waals surface area contributed by atoms with Gasteiger partial charge in [-0.15, -0.1) is 0 Å². The number of aliphatic imine (C=N–C) groups is 1. The number of hydrogen-bond acceptors (Lipinski definition) is 7. The Morgan fingerprint density at radius 2 is 2.09 bits per heavy atom. The average Bonchev–Trinajstić information content (AvgIpc) is 2.74. The molecule has 6 nitrogen and oxygen atoms in total. The maximum atomic E-state index is 14.9. The normalized spacial score (nSPS) is 20.0. The van der Waals surface area contributed by atoms with E-state index in [1.165, 1.54) is 35.7 Å². The summed E-state index contributed by atoms with van der Waals surface area (Å²) in [5, 5.41) is 9.28. The van der Waals surface area contributed by atoms with E-state index >= 15 is 0 Å². The van der Waals surface area contributed by atoms with Gasteiger partial charge in [0.15, 0.2) is 11.0 Å². The van der Waals surface area contributed by atoms with Crippen LogP contribution >= 0.6 is 11.8 Å². The molecule has 2 aromatic rings. The number of nitrogens with two attached hydrogens (primary N) is 1. The summed E-state index contributed by atoms with van der Waals surface area (Å²) in [7, 11) is 3.99. The molecule has 0 fully saturated rings. The van der Waals surface area contributed by atoms with Gasteiger partial charge < -0.3 is 10.6 Å². The molecule has 0 aliphatic carbocycles. The molecule has 166 valence electrons. The lowest BCUT2D eigenvalue weighted by Gasteiger charge is -2.33. The first-order chi connectivity index (χ1) is 15.1. The summed E-state index contributed by atoms with van der Waals surface area (Å²) < 4.78 is 14.9. The number of nitriles is 1. The molecule has 2 heterocycles. The maximum absolute atomic E-state index is 14.9. The molecule has 32 heavy (non-hydrogen) atoms. The van der Waals surface area contributed by atoms with Crippen LogP contribution in [0, 0.1) is 17.1 Å². The minimum absolute atomic E-state index is 0.0680. The highest BCUT2D eigenvalue weighted by Gasteiger charge is 2.35. The monoisotopic (exact) mass is 451 g/mol. The number of nitrogens with zero attached hydrogens (tertiary/aromatic N) is 4. The summed E-state index contributed by atoms with van der Waals surface area (Å²) in [4.78, 5) is 24.5. The van der Waals surface area contributed by atoms with E-state index in [9.17, 15) is 9.18 Å². The Morgan fingerprint density at radius 1 is 1.34 bits per heavy atom. The largest absolute Gasteiger partial charge is 0.378 e. The number of benzene rings is 1. The number of aromatic nitrogens is 1. The Labute approximate surface area is 192 Å². The Bertz CT molecular complexity index is 1130. The summed E-state index contributed by atoms with van der Waals surface area (Å²) in [6.45, 7) is 4.70. The molecule has 0 radical (unpaired) electrons. The van der Waals surface area contributed by atoms with Crippen LogP contribution in [0.1, 0.15) is 47.4 Å². The smallest absolute Gasteiger partial charge is 0.185 e. The highest BCUT2D eigenvalue weighted by atomic mass is 32.2. The molecule has 1 aliphatic heterocycles. The van der Waals surface area contributed by atoms with Crippen LogP contribution in [-0.4, -0.2) is 41.5 Å². The number of thioether (sulfide) groups is 1. The van der Waals surface area contributed by atoms with Crippen molar-refractivity contribution in [2.45, 2.75) is 32.2 Å². The fourth-order valence-corrected chi connectivity index (χ4v) is 4.82. The van der Waals surface area contributed by atoms with E-state index in [1.54, 1.807) is 18.2 Å². The third-order valence-corrected chi connectivity index (χ3v) is 6.31. The fourth-order valence-electron chi connectivity index (χ4n) is 3.73. The van der Waals surface area contributed by atoms with Crippen LogP contribution in [0.3, 0.4) is 0 Å². The van der Waals surface area contributed by atoms with Crippen LogP contribution in [0.2, 0.25) is 0 Å². The van der Waals surface area contributed by atoms with Crippen molar-refractivity contribution in [3.63, 3.8) is 0 Å². The second-order valence-corrected chi connectivity index (χ2v) is 9.52. The van der Waals surface area contributed by atoms with Crippen LogP contribution in [0.25, 0.3) is 0 Å². The zero-order valence-electron chi connectivity index (χ0n) is 18.6. The highest BCUT2D eigenvalue weighted by Crippen LogP contribution is 2.43. The SMILES string of the molecule is C/C(CN(C)C)=C1\C[C@@](C)(c2cc(CC(=O)c3ccc(C#N)cn3)ccc2F)N=C(N)S1. The molecule has 0 bridgehead atoms. The average molecular weight is 452 g/mol. The Morgan fingerprint density at radius 3 is 2.72 bits per heavy atom. The first kappa shape index (κ1) is 23.6. The summed E-state index contributed by atoms with van der Waals surface area (Å²) >= 11 is 1.43. The van der Waals surface area contributed by atoms with Crippen LogP contribution in [0.15, 0.2) is 52.0 Å². The minimum Gasteiger partial charge on any atom is -0.378 e. The number of halogens is 1. The summed E-state index contributed by atoms with van der Waals surface area (Å²) in [6, 6.07) is 9.73. The maximum Gasteiger partial charge on any atom is 0.185 e. The van der Waals surface area contributed by atoms with Crippen molar-refractivity contribution in [2.24, 2.45) is 10.7 Å². The third kappa shape index (κ3) is 5.42. The van der Waals surface area contributed by atoms with Crippen LogP contribution in [-0.2, 0) is 12.0 Å². The van der Waals surface area contributed by atoms with Crippen LogP contribution in [0.5, 0.6) is 0 Å². The second-order valence-electron chi connectivity index (χ2n) is 8.40. The van der Waals surface area contributed by atoms with E-state index in [-0.39, 0.29) is 23.7 Å². The number of ketones is 1. The van der Waals surface area contributed by atoms with E-state index in [0.29, 0.717) is 28.3 Å². The molecule has 1 aliphatic rings. The minimum atomic E-state index is -0.867. The van der Waals surface area contributed by atoms with Gasteiger partial charge in [0.2, 0.25) is 0 Å². The molecule has 1 atom stereocenters. The molecular weight excluding hydrogens is 425 g/mol. The standard InChI is InChI=1S/C24H26FN5OS/c1-15(14-30(3)4)22-11-24(2,29-23(27)32-22)18-9-16(5-7-19(18)25)10-21(31)20-8-6-17(12-26)13-28-20/h5-9,13H,10-11,14H2,1-4H3,(H2,27,29)/b22-15-/t24-/m0/s1. The Kier molecular flexibility index (Phi) is 7.12. The number of rotatable bonds is 6. The topological polar surface area (TPSA) is 95.4 Å². The van der Waals surface area contributed by atoms with E-state index < -0.39 is 5.54 Å². The first-order valence-electron chi connectivity index (χ1n) is 10.2. The number of carbonyl (C=O) groups is 1. The van der Waals surface area contributed by atoms with Crippen molar-refractivity contribution in [1.29, 1.82) is 5.26 Å². The molecule has 0 amide bonds. The van der Waals surface area contributed by atoms with Crippen molar-refractivity contribution in [3.05, 3.63) is 75.2 Å². The van der Waals surface area contributed by atoms with Crippen molar-refractivity contribution in [3.8, 4) is 6.07 Å². The highest BCUT2D eigenvalue weighted by molar-refractivity contribution is 8.17. The number of amidine groups is 1. The molecular formula is C24H26FN5OS. The lowest BCUT2D eigenvalue weighted by Crippen LogP contribution is -2.30. The second kappa shape index (κ2) is 9.63. The molecule has 2 N–H and O–H groups in total. The Balaban J connectivity index is 1.91. The fraction of sp³-hybridized carbons (Fsp3) is 0.333. The van der Waals surface area contributed by atoms with E-state index in [4.69, 9.17) is 11.0 Å². The van der Waals surface area contributed by atoms with Gasteiger partial charge in [0, 0.05) is 31.1 Å². The number of likely N-dealkylation sites (N-methyl/N-ethyl adjacent to an activating group) is 1. The van der Waals surface area contributed by atoms with Crippen molar-refractivity contribution in [1.82, 2.24) is 9.88 Å². The molecule has 0 unspecified atom stereocenters. The van der Waals surface area contributed by atoms with Crippen molar-refractivity contribution >= 4 is 22.7 Å². The van der Waals surface area contributed by atoms with Gasteiger partial charge in [-0.1, -0.05) is 17.8 Å². The summed E-state index contributed by atoms with van der Waals surface area (Å²) in [6.07, 6.45) is 1.97. The molecule has 0 saturated carbocycles. The van der Waals surface area contributed by atoms with Gasteiger partial charge >= 0.3 is 0 Å².